The zero-order valence-corrected chi connectivity index (χ0v) is 17.0. The molecule has 0 aromatic heterocycles. The van der Waals surface area contributed by atoms with Gasteiger partial charge in [-0.15, -0.1) is 0 Å². The molecule has 7 nitrogen and oxygen atoms in total. The molecule has 2 N–H and O–H groups in total. The monoisotopic (exact) mass is 400 g/mol. The second kappa shape index (κ2) is 9.54. The summed E-state index contributed by atoms with van der Waals surface area (Å²) >= 11 is 0. The number of carboxylic acid groups (broad SMARTS) is 1. The molecule has 0 amide bonds. The van der Waals surface area contributed by atoms with Crippen molar-refractivity contribution in [1.29, 1.82) is 0 Å². The Morgan fingerprint density at radius 1 is 0.759 bits per heavy atom. The number of methoxy groups -OCH3 is 4. The molecule has 0 saturated heterocycles. The number of hydrogen-bond acceptors (Lipinski definition) is 6. The maximum absolute atomic E-state index is 10.8. The summed E-state index contributed by atoms with van der Waals surface area (Å²) in [6.07, 6.45) is 0. The van der Waals surface area contributed by atoms with Crippen molar-refractivity contribution in [1.82, 2.24) is 0 Å². The number of rotatable bonds is 5. The van der Waals surface area contributed by atoms with E-state index in [1.165, 1.54) is 0 Å². The topological polar surface area (TPSA) is 94.5 Å². The normalized spacial score (nSPS) is 9.97. The predicted molar refractivity (Wildman–Crippen MR) is 111 cm³/mol. The van der Waals surface area contributed by atoms with Gasteiger partial charge in [-0.25, -0.2) is 0 Å². The zero-order valence-electron chi connectivity index (χ0n) is 17.0. The fourth-order valence-corrected chi connectivity index (χ4v) is 2.87. The van der Waals surface area contributed by atoms with Crippen molar-refractivity contribution < 1.29 is 34.0 Å². The SMILES string of the molecule is CC(=O)O.COc1ccc(-c2ccc3cc(OC)c(OC)cc3c2O)cc1OC. The van der Waals surface area contributed by atoms with Crippen molar-refractivity contribution in [2.24, 2.45) is 0 Å². The van der Waals surface area contributed by atoms with Gasteiger partial charge in [0.25, 0.3) is 5.97 Å². The van der Waals surface area contributed by atoms with Crippen LogP contribution in [0, 0.1) is 0 Å². The van der Waals surface area contributed by atoms with Gasteiger partial charge in [0.2, 0.25) is 0 Å². The molecule has 29 heavy (non-hydrogen) atoms. The summed E-state index contributed by atoms with van der Waals surface area (Å²) < 4.78 is 21.3. The van der Waals surface area contributed by atoms with Gasteiger partial charge in [-0.05, 0) is 35.2 Å². The number of phenols is 1. The first-order valence-electron chi connectivity index (χ1n) is 8.65. The van der Waals surface area contributed by atoms with E-state index in [0.29, 0.717) is 33.9 Å². The minimum Gasteiger partial charge on any atom is -0.507 e. The third-order valence-corrected chi connectivity index (χ3v) is 4.19. The van der Waals surface area contributed by atoms with Crippen molar-refractivity contribution in [2.75, 3.05) is 28.4 Å². The summed E-state index contributed by atoms with van der Waals surface area (Å²) in [5.74, 6) is 1.76. The van der Waals surface area contributed by atoms with E-state index < -0.39 is 5.97 Å². The second-order valence-electron chi connectivity index (χ2n) is 5.98. The molecule has 0 saturated carbocycles. The van der Waals surface area contributed by atoms with Gasteiger partial charge in [0.1, 0.15) is 5.75 Å². The Morgan fingerprint density at radius 2 is 1.28 bits per heavy atom. The molecule has 154 valence electrons. The van der Waals surface area contributed by atoms with E-state index >= 15 is 0 Å². The molecule has 0 aliphatic rings. The Labute approximate surface area is 169 Å². The van der Waals surface area contributed by atoms with Crippen LogP contribution in [-0.2, 0) is 4.79 Å². The summed E-state index contributed by atoms with van der Waals surface area (Å²) in [5.41, 5.74) is 1.52. The fraction of sp³-hybridized carbons (Fsp3) is 0.227. The van der Waals surface area contributed by atoms with Gasteiger partial charge in [0.15, 0.2) is 23.0 Å². The summed E-state index contributed by atoms with van der Waals surface area (Å²) in [6.45, 7) is 1.08. The number of aromatic hydroxyl groups is 1. The Hall–Kier alpha value is -3.61. The van der Waals surface area contributed by atoms with Crippen LogP contribution in [0.2, 0.25) is 0 Å². The molecule has 0 atom stereocenters. The third kappa shape index (κ3) is 4.82. The van der Waals surface area contributed by atoms with Crippen LogP contribution in [0.25, 0.3) is 21.9 Å². The lowest BCUT2D eigenvalue weighted by atomic mass is 9.99. The molecule has 0 radical (unpaired) electrons. The molecule has 0 bridgehead atoms. The molecule has 0 unspecified atom stereocenters. The number of carboxylic acids is 1. The average Bonchev–Trinajstić information content (AvgIpc) is 2.72. The van der Waals surface area contributed by atoms with Crippen molar-refractivity contribution in [2.45, 2.75) is 6.92 Å². The first-order chi connectivity index (χ1) is 13.9. The van der Waals surface area contributed by atoms with Crippen molar-refractivity contribution in [3.8, 4) is 39.9 Å². The van der Waals surface area contributed by atoms with Gasteiger partial charge < -0.3 is 29.2 Å². The number of hydrogen-bond donors (Lipinski definition) is 2. The van der Waals surface area contributed by atoms with Crippen molar-refractivity contribution >= 4 is 16.7 Å². The van der Waals surface area contributed by atoms with Crippen LogP contribution >= 0.6 is 0 Å². The molecule has 3 rings (SSSR count). The number of carbonyl (C=O) groups is 1. The Bertz CT molecular complexity index is 1010. The molecular formula is C22H24O7. The van der Waals surface area contributed by atoms with E-state index in [9.17, 15) is 5.11 Å². The number of benzene rings is 3. The largest absolute Gasteiger partial charge is 0.507 e. The van der Waals surface area contributed by atoms with Crippen LogP contribution in [0.4, 0.5) is 0 Å². The van der Waals surface area contributed by atoms with Crippen LogP contribution < -0.4 is 18.9 Å². The molecular weight excluding hydrogens is 376 g/mol. The Morgan fingerprint density at radius 3 is 1.83 bits per heavy atom. The lowest BCUT2D eigenvalue weighted by molar-refractivity contribution is -0.134. The molecule has 3 aromatic rings. The molecule has 0 heterocycles. The lowest BCUT2D eigenvalue weighted by Gasteiger charge is -2.14. The molecule has 7 heteroatoms. The summed E-state index contributed by atoms with van der Waals surface area (Å²) in [7, 11) is 6.32. The van der Waals surface area contributed by atoms with Crippen LogP contribution in [0.3, 0.4) is 0 Å². The lowest BCUT2D eigenvalue weighted by Crippen LogP contribution is -1.92. The highest BCUT2D eigenvalue weighted by Crippen LogP contribution is 2.42. The highest BCUT2D eigenvalue weighted by Gasteiger charge is 2.14. The van der Waals surface area contributed by atoms with Crippen molar-refractivity contribution in [3.63, 3.8) is 0 Å². The Balaban J connectivity index is 0.000000687. The van der Waals surface area contributed by atoms with Crippen LogP contribution in [0.1, 0.15) is 6.92 Å². The average molecular weight is 400 g/mol. The van der Waals surface area contributed by atoms with Gasteiger partial charge in [0.05, 0.1) is 28.4 Å². The fourth-order valence-electron chi connectivity index (χ4n) is 2.87. The highest BCUT2D eigenvalue weighted by molar-refractivity contribution is 5.97. The summed E-state index contributed by atoms with van der Waals surface area (Å²) in [5, 5.41) is 19.8. The van der Waals surface area contributed by atoms with E-state index in [1.54, 1.807) is 34.5 Å². The third-order valence-electron chi connectivity index (χ3n) is 4.19. The first-order valence-corrected chi connectivity index (χ1v) is 8.65. The van der Waals surface area contributed by atoms with E-state index in [-0.39, 0.29) is 5.75 Å². The van der Waals surface area contributed by atoms with E-state index in [0.717, 1.165) is 17.9 Å². The van der Waals surface area contributed by atoms with Gasteiger partial charge >= 0.3 is 0 Å². The van der Waals surface area contributed by atoms with Gasteiger partial charge in [-0.3, -0.25) is 4.79 Å². The second-order valence-corrected chi connectivity index (χ2v) is 5.98. The molecule has 0 aliphatic heterocycles. The smallest absolute Gasteiger partial charge is 0.300 e. The zero-order chi connectivity index (χ0) is 21.6. The van der Waals surface area contributed by atoms with Gasteiger partial charge in [0, 0.05) is 17.9 Å². The minimum atomic E-state index is -0.833. The highest BCUT2D eigenvalue weighted by atomic mass is 16.5. The number of fused-ring (bicyclic) bond motifs is 1. The van der Waals surface area contributed by atoms with Crippen LogP contribution in [-0.4, -0.2) is 44.6 Å². The minimum absolute atomic E-state index is 0.172. The maximum Gasteiger partial charge on any atom is 0.300 e. The van der Waals surface area contributed by atoms with Crippen LogP contribution in [0.15, 0.2) is 42.5 Å². The quantitative estimate of drug-likeness (QED) is 0.658. The van der Waals surface area contributed by atoms with Gasteiger partial charge in [-0.2, -0.15) is 0 Å². The van der Waals surface area contributed by atoms with Gasteiger partial charge in [-0.1, -0.05) is 18.2 Å². The maximum atomic E-state index is 10.8. The molecule has 3 aromatic carbocycles. The number of ether oxygens (including phenoxy) is 4. The van der Waals surface area contributed by atoms with Crippen molar-refractivity contribution in [3.05, 3.63) is 42.5 Å². The van der Waals surface area contributed by atoms with E-state index in [1.807, 2.05) is 36.4 Å². The standard InChI is InChI=1S/C20H20O5.C2H4O2/c1-22-16-8-6-12(9-17(16)23-2)14-7-5-13-10-18(24-3)19(25-4)11-15(13)20(14)21;1-2(3)4/h5-11,21H,1-4H3;1H3,(H,3,4). The van der Waals surface area contributed by atoms with E-state index in [4.69, 9.17) is 28.8 Å². The molecule has 0 aliphatic carbocycles. The predicted octanol–water partition coefficient (Wildman–Crippen LogP) is 4.34. The van der Waals surface area contributed by atoms with E-state index in [2.05, 4.69) is 0 Å². The summed E-state index contributed by atoms with van der Waals surface area (Å²) in [4.78, 5) is 9.00. The molecule has 0 spiro atoms. The first kappa shape index (κ1) is 21.7. The van der Waals surface area contributed by atoms with Crippen LogP contribution in [0.5, 0.6) is 28.7 Å². The number of aliphatic carboxylic acids is 1. The Kier molecular flexibility index (Phi) is 7.14. The summed E-state index contributed by atoms with van der Waals surface area (Å²) in [6, 6.07) is 12.9. The number of phenolic OH excluding ortho intramolecular Hbond substituents is 1. The molecule has 0 fully saturated rings.